The number of anilines is 1. The van der Waals surface area contributed by atoms with E-state index < -0.39 is 17.9 Å². The molecule has 0 aliphatic rings. The van der Waals surface area contributed by atoms with E-state index in [1.54, 1.807) is 17.5 Å². The van der Waals surface area contributed by atoms with Gasteiger partial charge in [0.25, 0.3) is 5.91 Å². The monoisotopic (exact) mass is 381 g/mol. The van der Waals surface area contributed by atoms with E-state index in [1.807, 2.05) is 12.3 Å². The largest absolute Gasteiger partial charge is 0.480 e. The second-order valence-electron chi connectivity index (χ2n) is 5.35. The van der Waals surface area contributed by atoms with Gasteiger partial charge in [-0.3, -0.25) is 14.9 Å². The molecular weight excluding hydrogens is 362 g/mol. The predicted molar refractivity (Wildman–Crippen MR) is 97.2 cm³/mol. The Kier molecular flexibility index (Phi) is 7.08. The van der Waals surface area contributed by atoms with Gasteiger partial charge >= 0.3 is 5.97 Å². The van der Waals surface area contributed by atoms with Gasteiger partial charge in [0.05, 0.1) is 17.0 Å². The number of hydrogen-bond donors (Lipinski definition) is 3. The molecule has 0 saturated heterocycles. The third-order valence-electron chi connectivity index (χ3n) is 3.34. The van der Waals surface area contributed by atoms with Crippen LogP contribution in [0.25, 0.3) is 0 Å². The fraction of sp³-hybridized carbons (Fsp3) is 0.375. The van der Waals surface area contributed by atoms with E-state index in [1.165, 1.54) is 22.7 Å². The molecule has 0 aliphatic carbocycles. The number of carboxylic acids is 1. The van der Waals surface area contributed by atoms with Crippen molar-refractivity contribution in [3.63, 3.8) is 0 Å². The average Bonchev–Trinajstić information content (AvgIpc) is 3.23. The summed E-state index contributed by atoms with van der Waals surface area (Å²) in [4.78, 5) is 39.9. The van der Waals surface area contributed by atoms with E-state index in [4.69, 9.17) is 5.11 Å². The van der Waals surface area contributed by atoms with Gasteiger partial charge in [0.1, 0.15) is 6.04 Å². The molecule has 0 bridgehead atoms. The van der Waals surface area contributed by atoms with Crippen molar-refractivity contribution < 1.29 is 19.5 Å². The summed E-state index contributed by atoms with van der Waals surface area (Å²) >= 11 is 2.55. The zero-order valence-electron chi connectivity index (χ0n) is 13.7. The molecule has 0 spiro atoms. The Morgan fingerprint density at radius 2 is 2.12 bits per heavy atom. The fourth-order valence-electron chi connectivity index (χ4n) is 2.09. The SMILES string of the molecule is CCCCC(NC(=O)Cc1csc(NC(=O)c2cccs2)n1)C(=O)O. The molecule has 2 aromatic rings. The lowest BCUT2D eigenvalue weighted by Crippen LogP contribution is -2.41. The van der Waals surface area contributed by atoms with Gasteiger partial charge in [0.2, 0.25) is 5.91 Å². The minimum Gasteiger partial charge on any atom is -0.480 e. The summed E-state index contributed by atoms with van der Waals surface area (Å²) in [7, 11) is 0. The van der Waals surface area contributed by atoms with Crippen LogP contribution in [0.3, 0.4) is 0 Å². The maximum atomic E-state index is 12.0. The Bertz CT molecular complexity index is 728. The molecular formula is C16H19N3O4S2. The highest BCUT2D eigenvalue weighted by atomic mass is 32.1. The van der Waals surface area contributed by atoms with E-state index in [0.717, 1.165) is 12.8 Å². The molecule has 3 N–H and O–H groups in total. The van der Waals surface area contributed by atoms with Crippen molar-refractivity contribution in [1.82, 2.24) is 10.3 Å². The van der Waals surface area contributed by atoms with Crippen molar-refractivity contribution in [1.29, 1.82) is 0 Å². The number of nitrogens with one attached hydrogen (secondary N) is 2. The molecule has 2 amide bonds. The van der Waals surface area contributed by atoms with Gasteiger partial charge in [-0.25, -0.2) is 9.78 Å². The third-order valence-corrected chi connectivity index (χ3v) is 5.01. The molecule has 25 heavy (non-hydrogen) atoms. The summed E-state index contributed by atoms with van der Waals surface area (Å²) in [5.74, 6) is -1.68. The van der Waals surface area contributed by atoms with E-state index in [0.29, 0.717) is 22.1 Å². The summed E-state index contributed by atoms with van der Waals surface area (Å²) in [6.07, 6.45) is 1.96. The second-order valence-corrected chi connectivity index (χ2v) is 7.16. The number of thiazole rings is 1. The first kappa shape index (κ1) is 19.1. The predicted octanol–water partition coefficient (Wildman–Crippen LogP) is 2.76. The molecule has 0 saturated carbocycles. The lowest BCUT2D eigenvalue weighted by molar-refractivity contribution is -0.142. The highest BCUT2D eigenvalue weighted by molar-refractivity contribution is 7.14. The molecule has 0 radical (unpaired) electrons. The normalized spacial score (nSPS) is 11.7. The first-order chi connectivity index (χ1) is 12.0. The van der Waals surface area contributed by atoms with Gasteiger partial charge in [-0.15, -0.1) is 22.7 Å². The van der Waals surface area contributed by atoms with Gasteiger partial charge < -0.3 is 10.4 Å². The zero-order valence-corrected chi connectivity index (χ0v) is 15.3. The van der Waals surface area contributed by atoms with Gasteiger partial charge in [-0.1, -0.05) is 25.8 Å². The molecule has 1 atom stereocenters. The van der Waals surface area contributed by atoms with Crippen LogP contribution < -0.4 is 10.6 Å². The maximum absolute atomic E-state index is 12.0. The number of aliphatic carboxylic acids is 1. The van der Waals surface area contributed by atoms with Crippen molar-refractivity contribution in [3.05, 3.63) is 33.5 Å². The molecule has 0 fully saturated rings. The molecule has 9 heteroatoms. The van der Waals surface area contributed by atoms with Gasteiger partial charge in [0.15, 0.2) is 5.13 Å². The topological polar surface area (TPSA) is 108 Å². The van der Waals surface area contributed by atoms with Crippen LogP contribution in [0.2, 0.25) is 0 Å². The first-order valence-corrected chi connectivity index (χ1v) is 9.57. The Morgan fingerprint density at radius 3 is 2.76 bits per heavy atom. The summed E-state index contributed by atoms with van der Waals surface area (Å²) in [6, 6.07) is 2.61. The van der Waals surface area contributed by atoms with Crippen LogP contribution in [0.15, 0.2) is 22.9 Å². The number of hydrogen-bond acceptors (Lipinski definition) is 6. The number of thiophene rings is 1. The molecule has 2 heterocycles. The number of nitrogens with zero attached hydrogens (tertiary/aromatic N) is 1. The van der Waals surface area contributed by atoms with Gasteiger partial charge in [-0.05, 0) is 17.9 Å². The van der Waals surface area contributed by atoms with Crippen LogP contribution in [-0.2, 0) is 16.0 Å². The number of aromatic nitrogens is 1. The number of rotatable bonds is 9. The molecule has 1 unspecified atom stereocenters. The third kappa shape index (κ3) is 5.95. The standard InChI is InChI=1S/C16H19N3O4S2/c1-2-3-5-11(15(22)23)18-13(20)8-10-9-25-16(17-10)19-14(21)12-6-4-7-24-12/h4,6-7,9,11H,2-3,5,8H2,1H3,(H,18,20)(H,22,23)(H,17,19,21). The van der Waals surface area contributed by atoms with Crippen LogP contribution in [0, 0.1) is 0 Å². The number of carboxylic acid groups (broad SMARTS) is 1. The number of carbonyl (C=O) groups is 3. The van der Waals surface area contributed by atoms with Crippen LogP contribution in [0.1, 0.15) is 41.6 Å². The molecule has 134 valence electrons. The highest BCUT2D eigenvalue weighted by Gasteiger charge is 2.20. The van der Waals surface area contributed by atoms with E-state index in [9.17, 15) is 14.4 Å². The molecule has 2 rings (SSSR count). The Hall–Kier alpha value is -2.26. The summed E-state index contributed by atoms with van der Waals surface area (Å²) < 4.78 is 0. The lowest BCUT2D eigenvalue weighted by Gasteiger charge is -2.13. The van der Waals surface area contributed by atoms with Gasteiger partial charge in [0, 0.05) is 5.38 Å². The Balaban J connectivity index is 1.88. The number of unbranched alkanes of at least 4 members (excludes halogenated alkanes) is 1. The van der Waals surface area contributed by atoms with Crippen molar-refractivity contribution in [2.45, 2.75) is 38.6 Å². The maximum Gasteiger partial charge on any atom is 0.326 e. The van der Waals surface area contributed by atoms with Crippen molar-refractivity contribution in [2.24, 2.45) is 0 Å². The number of amides is 2. The van der Waals surface area contributed by atoms with Crippen LogP contribution in [-0.4, -0.2) is 33.9 Å². The quantitative estimate of drug-likeness (QED) is 0.619. The highest BCUT2D eigenvalue weighted by Crippen LogP contribution is 2.18. The van der Waals surface area contributed by atoms with E-state index in [-0.39, 0.29) is 12.3 Å². The first-order valence-electron chi connectivity index (χ1n) is 7.81. The lowest BCUT2D eigenvalue weighted by atomic mass is 10.1. The summed E-state index contributed by atoms with van der Waals surface area (Å²) in [5, 5.41) is 18.2. The average molecular weight is 381 g/mol. The second kappa shape index (κ2) is 9.28. The number of carbonyl (C=O) groups excluding carboxylic acids is 2. The molecule has 0 aromatic carbocycles. The van der Waals surface area contributed by atoms with Crippen molar-refractivity contribution >= 4 is 45.6 Å². The minimum atomic E-state index is -1.04. The Morgan fingerprint density at radius 1 is 1.32 bits per heavy atom. The zero-order chi connectivity index (χ0) is 18.2. The smallest absolute Gasteiger partial charge is 0.326 e. The Labute approximate surface area is 153 Å². The van der Waals surface area contributed by atoms with E-state index >= 15 is 0 Å². The van der Waals surface area contributed by atoms with Crippen LogP contribution >= 0.6 is 22.7 Å². The fourth-order valence-corrected chi connectivity index (χ4v) is 3.41. The molecule has 0 aliphatic heterocycles. The van der Waals surface area contributed by atoms with Crippen molar-refractivity contribution in [2.75, 3.05) is 5.32 Å². The molecule has 7 nitrogen and oxygen atoms in total. The van der Waals surface area contributed by atoms with E-state index in [2.05, 4.69) is 15.6 Å². The van der Waals surface area contributed by atoms with Crippen LogP contribution in [0.4, 0.5) is 5.13 Å². The summed E-state index contributed by atoms with van der Waals surface area (Å²) in [6.45, 7) is 1.96. The summed E-state index contributed by atoms with van der Waals surface area (Å²) in [5.41, 5.74) is 0.489. The molecule has 2 aromatic heterocycles. The van der Waals surface area contributed by atoms with Crippen LogP contribution in [0.5, 0.6) is 0 Å². The van der Waals surface area contributed by atoms with Crippen molar-refractivity contribution in [3.8, 4) is 0 Å². The minimum absolute atomic E-state index is 0.0265. The van der Waals surface area contributed by atoms with Gasteiger partial charge in [-0.2, -0.15) is 0 Å².